The van der Waals surface area contributed by atoms with Crippen molar-refractivity contribution in [1.82, 2.24) is 0 Å². The Balaban J connectivity index is 1.74. The summed E-state index contributed by atoms with van der Waals surface area (Å²) in [6, 6.07) is 15.5. The molecule has 1 aliphatic rings. The lowest BCUT2D eigenvalue weighted by molar-refractivity contribution is -0.113. The third kappa shape index (κ3) is 2.81. The average Bonchev–Trinajstić information content (AvgIpc) is 2.90. The van der Waals surface area contributed by atoms with Crippen LogP contribution in [-0.2, 0) is 4.79 Å². The fourth-order valence-electron chi connectivity index (χ4n) is 2.46. The summed E-state index contributed by atoms with van der Waals surface area (Å²) in [6.07, 6.45) is 1.65. The number of amides is 1. The molecule has 0 atom stereocenters. The maximum absolute atomic E-state index is 12.2. The highest BCUT2D eigenvalue weighted by Gasteiger charge is 2.23. The second kappa shape index (κ2) is 5.93. The number of methoxy groups -OCH3 is 1. The molecule has 1 amide bonds. The van der Waals surface area contributed by atoms with Gasteiger partial charge in [-0.15, -0.1) is 0 Å². The Hall–Kier alpha value is -2.75. The highest BCUT2D eigenvalue weighted by atomic mass is 16.5. The number of rotatable bonds is 4. The van der Waals surface area contributed by atoms with Crippen molar-refractivity contribution in [2.45, 2.75) is 6.92 Å². The maximum Gasteiger partial charge on any atom is 0.253 e. The average molecular weight is 294 g/mol. The minimum atomic E-state index is -0.0127. The quantitative estimate of drug-likeness (QED) is 0.940. The summed E-state index contributed by atoms with van der Waals surface area (Å²) in [5.41, 5.74) is 3.94. The van der Waals surface area contributed by atoms with Crippen LogP contribution in [0.5, 0.6) is 5.75 Å². The van der Waals surface area contributed by atoms with Crippen LogP contribution in [0, 0.1) is 6.92 Å². The molecule has 0 radical (unpaired) electrons. The van der Waals surface area contributed by atoms with Gasteiger partial charge >= 0.3 is 0 Å². The lowest BCUT2D eigenvalue weighted by atomic mass is 10.2. The highest BCUT2D eigenvalue weighted by Crippen LogP contribution is 2.25. The standard InChI is InChI=1S/C18H18N2O2/c1-13-5-3-4-6-17(13)19-14-11-18(21)20(12-14)15-7-9-16(22-2)10-8-15/h3-11,19H,12H2,1-2H3. The minimum Gasteiger partial charge on any atom is -0.497 e. The predicted molar refractivity (Wildman–Crippen MR) is 88.2 cm³/mol. The number of nitrogens with zero attached hydrogens (tertiary/aromatic N) is 1. The van der Waals surface area contributed by atoms with Gasteiger partial charge in [0.15, 0.2) is 0 Å². The molecule has 1 heterocycles. The molecule has 0 spiro atoms. The van der Waals surface area contributed by atoms with Gasteiger partial charge in [-0.1, -0.05) is 18.2 Å². The Morgan fingerprint density at radius 1 is 1.09 bits per heavy atom. The summed E-state index contributed by atoms with van der Waals surface area (Å²) in [4.78, 5) is 13.9. The molecule has 0 fully saturated rings. The number of para-hydroxylation sites is 1. The van der Waals surface area contributed by atoms with E-state index in [0.717, 1.165) is 28.4 Å². The van der Waals surface area contributed by atoms with Crippen LogP contribution >= 0.6 is 0 Å². The first kappa shape index (κ1) is 14.2. The van der Waals surface area contributed by atoms with Crippen molar-refractivity contribution in [3.8, 4) is 5.75 Å². The van der Waals surface area contributed by atoms with Crippen LogP contribution in [0.4, 0.5) is 11.4 Å². The Morgan fingerprint density at radius 3 is 2.50 bits per heavy atom. The summed E-state index contributed by atoms with van der Waals surface area (Å²) in [6.45, 7) is 2.58. The van der Waals surface area contributed by atoms with E-state index in [4.69, 9.17) is 4.74 Å². The fourth-order valence-corrected chi connectivity index (χ4v) is 2.46. The van der Waals surface area contributed by atoms with Crippen LogP contribution in [0.1, 0.15) is 5.56 Å². The molecule has 0 aliphatic carbocycles. The first-order chi connectivity index (χ1) is 10.7. The lowest BCUT2D eigenvalue weighted by Crippen LogP contribution is -2.26. The van der Waals surface area contributed by atoms with Gasteiger partial charge in [-0.25, -0.2) is 0 Å². The molecule has 2 aromatic rings. The molecule has 4 nitrogen and oxygen atoms in total. The Labute approximate surface area is 130 Å². The third-order valence-corrected chi connectivity index (χ3v) is 3.72. The third-order valence-electron chi connectivity index (χ3n) is 3.72. The van der Waals surface area contributed by atoms with Crippen LogP contribution < -0.4 is 15.0 Å². The number of carbonyl (C=O) groups is 1. The zero-order valence-electron chi connectivity index (χ0n) is 12.7. The van der Waals surface area contributed by atoms with E-state index in [2.05, 4.69) is 5.32 Å². The van der Waals surface area contributed by atoms with Gasteiger partial charge in [-0.3, -0.25) is 4.79 Å². The Morgan fingerprint density at radius 2 is 1.82 bits per heavy atom. The molecule has 0 saturated heterocycles. The van der Waals surface area contributed by atoms with Crippen molar-refractivity contribution in [1.29, 1.82) is 0 Å². The SMILES string of the molecule is COc1ccc(N2CC(Nc3ccccc3C)=CC2=O)cc1. The summed E-state index contributed by atoms with van der Waals surface area (Å²) in [7, 11) is 1.63. The van der Waals surface area contributed by atoms with Crippen molar-refractivity contribution in [2.75, 3.05) is 23.9 Å². The molecule has 1 N–H and O–H groups in total. The molecule has 0 aromatic heterocycles. The van der Waals surface area contributed by atoms with Gasteiger partial charge in [-0.05, 0) is 42.8 Å². The van der Waals surface area contributed by atoms with Gasteiger partial charge in [0.1, 0.15) is 5.75 Å². The topological polar surface area (TPSA) is 41.6 Å². The molecule has 0 bridgehead atoms. The van der Waals surface area contributed by atoms with Gasteiger partial charge in [0, 0.05) is 23.1 Å². The number of hydrogen-bond donors (Lipinski definition) is 1. The van der Waals surface area contributed by atoms with E-state index in [1.165, 1.54) is 0 Å². The van der Waals surface area contributed by atoms with Crippen LogP contribution in [-0.4, -0.2) is 19.6 Å². The molecular formula is C18H18N2O2. The van der Waals surface area contributed by atoms with E-state index >= 15 is 0 Å². The first-order valence-corrected chi connectivity index (χ1v) is 7.16. The van der Waals surface area contributed by atoms with Crippen LogP contribution in [0.15, 0.2) is 60.3 Å². The number of ether oxygens (including phenoxy) is 1. The van der Waals surface area contributed by atoms with Crippen LogP contribution in [0.2, 0.25) is 0 Å². The van der Waals surface area contributed by atoms with Gasteiger partial charge in [-0.2, -0.15) is 0 Å². The van der Waals surface area contributed by atoms with Gasteiger partial charge in [0.05, 0.1) is 13.7 Å². The monoisotopic (exact) mass is 294 g/mol. The fraction of sp³-hybridized carbons (Fsp3) is 0.167. The number of aryl methyl sites for hydroxylation is 1. The lowest BCUT2D eigenvalue weighted by Gasteiger charge is -2.18. The second-order valence-corrected chi connectivity index (χ2v) is 5.23. The van der Waals surface area contributed by atoms with Gasteiger partial charge < -0.3 is 15.0 Å². The smallest absolute Gasteiger partial charge is 0.253 e. The summed E-state index contributed by atoms with van der Waals surface area (Å²) in [5, 5.41) is 3.34. The predicted octanol–water partition coefficient (Wildman–Crippen LogP) is 3.35. The van der Waals surface area contributed by atoms with E-state index in [9.17, 15) is 4.79 Å². The number of anilines is 2. The molecule has 112 valence electrons. The van der Waals surface area contributed by atoms with E-state index in [1.54, 1.807) is 18.1 Å². The molecule has 0 saturated carbocycles. The summed E-state index contributed by atoms with van der Waals surface area (Å²) < 4.78 is 5.14. The number of carbonyl (C=O) groups excluding carboxylic acids is 1. The van der Waals surface area contributed by atoms with Gasteiger partial charge in [0.2, 0.25) is 0 Å². The zero-order valence-corrected chi connectivity index (χ0v) is 12.7. The Kier molecular flexibility index (Phi) is 3.83. The van der Waals surface area contributed by atoms with Crippen molar-refractivity contribution >= 4 is 17.3 Å². The van der Waals surface area contributed by atoms with Crippen molar-refractivity contribution in [3.05, 3.63) is 65.9 Å². The Bertz CT molecular complexity index is 720. The summed E-state index contributed by atoms with van der Waals surface area (Å²) >= 11 is 0. The zero-order chi connectivity index (χ0) is 15.5. The number of nitrogens with one attached hydrogen (secondary N) is 1. The second-order valence-electron chi connectivity index (χ2n) is 5.23. The molecule has 4 heteroatoms. The van der Waals surface area contributed by atoms with Gasteiger partial charge in [0.25, 0.3) is 5.91 Å². The molecule has 0 unspecified atom stereocenters. The normalized spacial score (nSPS) is 14.0. The van der Waals surface area contributed by atoms with Crippen molar-refractivity contribution in [2.24, 2.45) is 0 Å². The molecule has 22 heavy (non-hydrogen) atoms. The summed E-state index contributed by atoms with van der Waals surface area (Å²) in [5.74, 6) is 0.767. The minimum absolute atomic E-state index is 0.0127. The van der Waals surface area contributed by atoms with E-state index < -0.39 is 0 Å². The maximum atomic E-state index is 12.2. The van der Waals surface area contributed by atoms with E-state index in [1.807, 2.05) is 55.5 Å². The molecule has 2 aromatic carbocycles. The first-order valence-electron chi connectivity index (χ1n) is 7.16. The van der Waals surface area contributed by atoms with E-state index in [0.29, 0.717) is 6.54 Å². The van der Waals surface area contributed by atoms with Crippen molar-refractivity contribution in [3.63, 3.8) is 0 Å². The molecular weight excluding hydrogens is 276 g/mol. The number of benzene rings is 2. The van der Waals surface area contributed by atoms with Crippen LogP contribution in [0.25, 0.3) is 0 Å². The largest absolute Gasteiger partial charge is 0.497 e. The van der Waals surface area contributed by atoms with Crippen LogP contribution in [0.3, 0.4) is 0 Å². The van der Waals surface area contributed by atoms with Crippen molar-refractivity contribution < 1.29 is 9.53 Å². The molecule has 3 rings (SSSR count). The number of hydrogen-bond acceptors (Lipinski definition) is 3. The molecule has 1 aliphatic heterocycles. The highest BCUT2D eigenvalue weighted by molar-refractivity contribution is 6.05. The van der Waals surface area contributed by atoms with E-state index in [-0.39, 0.29) is 5.91 Å².